The fourth-order valence-corrected chi connectivity index (χ4v) is 5.91. The minimum atomic E-state index is -0.251. The SMILES string of the molecule is CCCc1nc(-c2cc(C)cc(OCC)c2)c(-c2ccnc(Nc3ccc(N4CCN(C)CC4)c(F)c3)n2)s1. The zero-order chi connectivity index (χ0) is 27.4. The molecule has 5 rings (SSSR count). The molecule has 4 aromatic rings. The van der Waals surface area contributed by atoms with E-state index in [4.69, 9.17) is 14.7 Å². The van der Waals surface area contributed by atoms with Crippen molar-refractivity contribution < 1.29 is 9.13 Å². The molecule has 0 unspecified atom stereocenters. The van der Waals surface area contributed by atoms with Crippen LogP contribution in [0, 0.1) is 12.7 Å². The summed E-state index contributed by atoms with van der Waals surface area (Å²) < 4.78 is 20.9. The fourth-order valence-electron chi connectivity index (χ4n) is 4.75. The third-order valence-corrected chi connectivity index (χ3v) is 7.84. The van der Waals surface area contributed by atoms with Gasteiger partial charge in [0.25, 0.3) is 0 Å². The summed E-state index contributed by atoms with van der Waals surface area (Å²) >= 11 is 1.65. The Morgan fingerprint density at radius 2 is 1.85 bits per heavy atom. The molecule has 0 saturated carbocycles. The second kappa shape index (κ2) is 12.1. The molecule has 1 fully saturated rings. The Hall–Kier alpha value is -3.56. The number of anilines is 3. The molecule has 39 heavy (non-hydrogen) atoms. The minimum absolute atomic E-state index is 0.251. The van der Waals surface area contributed by atoms with Gasteiger partial charge in [-0.15, -0.1) is 11.3 Å². The Balaban J connectivity index is 1.43. The molecule has 2 aromatic heterocycles. The van der Waals surface area contributed by atoms with Crippen molar-refractivity contribution in [1.82, 2.24) is 19.9 Å². The van der Waals surface area contributed by atoms with Crippen LogP contribution < -0.4 is 15.0 Å². The first-order valence-corrected chi connectivity index (χ1v) is 14.3. The van der Waals surface area contributed by atoms with Crippen molar-refractivity contribution in [3.8, 4) is 27.6 Å². The van der Waals surface area contributed by atoms with Gasteiger partial charge in [0.05, 0.1) is 33.6 Å². The Bertz CT molecular complexity index is 1430. The molecule has 3 heterocycles. The molecule has 7 nitrogen and oxygen atoms in total. The van der Waals surface area contributed by atoms with Crippen molar-refractivity contribution in [2.45, 2.75) is 33.6 Å². The van der Waals surface area contributed by atoms with Crippen molar-refractivity contribution in [2.24, 2.45) is 0 Å². The molecule has 0 atom stereocenters. The number of halogens is 1. The number of benzene rings is 2. The van der Waals surface area contributed by atoms with E-state index in [1.807, 2.05) is 37.3 Å². The number of thiazole rings is 1. The zero-order valence-electron chi connectivity index (χ0n) is 23.0. The van der Waals surface area contributed by atoms with Crippen LogP contribution >= 0.6 is 11.3 Å². The predicted octanol–water partition coefficient (Wildman–Crippen LogP) is 6.56. The highest BCUT2D eigenvalue weighted by atomic mass is 32.1. The van der Waals surface area contributed by atoms with Crippen LogP contribution in [0.25, 0.3) is 21.8 Å². The van der Waals surface area contributed by atoms with Gasteiger partial charge >= 0.3 is 0 Å². The largest absolute Gasteiger partial charge is 0.494 e. The van der Waals surface area contributed by atoms with Gasteiger partial charge in [-0.1, -0.05) is 6.92 Å². The maximum atomic E-state index is 15.1. The highest BCUT2D eigenvalue weighted by molar-refractivity contribution is 7.15. The number of likely N-dealkylation sites (N-methyl/N-ethyl adjacent to an activating group) is 1. The Morgan fingerprint density at radius 3 is 2.59 bits per heavy atom. The summed E-state index contributed by atoms with van der Waals surface area (Å²) in [6.45, 7) is 10.3. The zero-order valence-corrected chi connectivity index (χ0v) is 23.8. The van der Waals surface area contributed by atoms with E-state index in [-0.39, 0.29) is 5.82 Å². The van der Waals surface area contributed by atoms with Crippen LogP contribution in [0.2, 0.25) is 0 Å². The standard InChI is InChI=1S/C30H35FN6OS/c1-5-7-27-35-28(21-16-20(3)17-23(18-21)38-6-2)29(39-27)25-10-11-32-30(34-25)33-22-8-9-26(24(31)19-22)37-14-12-36(4)13-15-37/h8-11,16-19H,5-7,12-15H2,1-4H3,(H,32,33,34). The van der Waals surface area contributed by atoms with E-state index in [9.17, 15) is 0 Å². The summed E-state index contributed by atoms with van der Waals surface area (Å²) in [5, 5.41) is 4.26. The van der Waals surface area contributed by atoms with Gasteiger partial charge in [0.15, 0.2) is 0 Å². The first kappa shape index (κ1) is 27.0. The van der Waals surface area contributed by atoms with E-state index in [1.54, 1.807) is 17.5 Å². The average molecular weight is 547 g/mol. The van der Waals surface area contributed by atoms with Gasteiger partial charge in [0.1, 0.15) is 11.6 Å². The van der Waals surface area contributed by atoms with Gasteiger partial charge in [-0.05, 0) is 81.8 Å². The number of nitrogens with one attached hydrogen (secondary N) is 1. The lowest BCUT2D eigenvalue weighted by Crippen LogP contribution is -2.44. The molecule has 1 aliphatic heterocycles. The highest BCUT2D eigenvalue weighted by Gasteiger charge is 2.19. The number of hydrogen-bond acceptors (Lipinski definition) is 8. The maximum Gasteiger partial charge on any atom is 0.227 e. The molecule has 204 valence electrons. The van der Waals surface area contributed by atoms with Crippen LogP contribution in [0.15, 0.2) is 48.7 Å². The first-order chi connectivity index (χ1) is 18.9. The second-order valence-corrected chi connectivity index (χ2v) is 10.9. The maximum absolute atomic E-state index is 15.1. The third-order valence-electron chi connectivity index (χ3n) is 6.71. The molecule has 0 amide bonds. The average Bonchev–Trinajstić information content (AvgIpc) is 3.34. The third kappa shape index (κ3) is 6.37. The van der Waals surface area contributed by atoms with Gasteiger partial charge in [-0.25, -0.2) is 19.3 Å². The molecule has 0 spiro atoms. The number of nitrogens with zero attached hydrogens (tertiary/aromatic N) is 5. The number of rotatable bonds is 9. The number of ether oxygens (including phenoxy) is 1. The van der Waals surface area contributed by atoms with E-state index in [0.717, 1.165) is 77.2 Å². The van der Waals surface area contributed by atoms with E-state index in [0.29, 0.717) is 23.9 Å². The molecule has 0 aliphatic carbocycles. The monoisotopic (exact) mass is 546 g/mol. The van der Waals surface area contributed by atoms with E-state index in [2.05, 4.69) is 47.1 Å². The number of aryl methyl sites for hydroxylation is 2. The lowest BCUT2D eigenvalue weighted by molar-refractivity contribution is 0.311. The van der Waals surface area contributed by atoms with Gasteiger partial charge in [-0.2, -0.15) is 0 Å². The van der Waals surface area contributed by atoms with Crippen LogP contribution in [0.4, 0.5) is 21.7 Å². The van der Waals surface area contributed by atoms with Crippen LogP contribution in [0.5, 0.6) is 5.75 Å². The van der Waals surface area contributed by atoms with Crippen LogP contribution in [-0.2, 0) is 6.42 Å². The van der Waals surface area contributed by atoms with Gasteiger partial charge in [0.2, 0.25) is 5.95 Å². The lowest BCUT2D eigenvalue weighted by Gasteiger charge is -2.34. The molecular formula is C30H35FN6OS. The summed E-state index contributed by atoms with van der Waals surface area (Å²) in [6.07, 6.45) is 3.64. The summed E-state index contributed by atoms with van der Waals surface area (Å²) in [5.74, 6) is 0.990. The Kier molecular flexibility index (Phi) is 8.38. The highest BCUT2D eigenvalue weighted by Crippen LogP contribution is 2.38. The minimum Gasteiger partial charge on any atom is -0.494 e. The number of hydrogen-bond donors (Lipinski definition) is 1. The van der Waals surface area contributed by atoms with Crippen LogP contribution in [0.3, 0.4) is 0 Å². The Labute approximate surface area is 233 Å². The van der Waals surface area contributed by atoms with Crippen LogP contribution in [-0.4, -0.2) is 59.7 Å². The number of piperazine rings is 1. The van der Waals surface area contributed by atoms with E-state index < -0.39 is 0 Å². The molecular weight excluding hydrogens is 511 g/mol. The summed E-state index contributed by atoms with van der Waals surface area (Å²) in [6, 6.07) is 13.3. The van der Waals surface area contributed by atoms with Crippen molar-refractivity contribution >= 4 is 28.7 Å². The van der Waals surface area contributed by atoms with Crippen molar-refractivity contribution in [2.75, 3.05) is 50.1 Å². The van der Waals surface area contributed by atoms with Crippen molar-refractivity contribution in [1.29, 1.82) is 0 Å². The molecule has 1 aliphatic rings. The smallest absolute Gasteiger partial charge is 0.227 e. The van der Waals surface area contributed by atoms with Gasteiger partial charge in [0, 0.05) is 43.6 Å². The van der Waals surface area contributed by atoms with Gasteiger partial charge < -0.3 is 19.9 Å². The molecule has 0 radical (unpaired) electrons. The van der Waals surface area contributed by atoms with Crippen LogP contribution in [0.1, 0.15) is 30.8 Å². The quantitative estimate of drug-likeness (QED) is 0.255. The second-order valence-electron chi connectivity index (χ2n) is 9.85. The van der Waals surface area contributed by atoms with Gasteiger partial charge in [-0.3, -0.25) is 0 Å². The summed E-state index contributed by atoms with van der Waals surface area (Å²) in [5.41, 5.74) is 5.02. The molecule has 1 saturated heterocycles. The van der Waals surface area contributed by atoms with E-state index in [1.165, 1.54) is 6.07 Å². The Morgan fingerprint density at radius 1 is 1.03 bits per heavy atom. The topological polar surface area (TPSA) is 66.4 Å². The normalized spacial score (nSPS) is 14.0. The lowest BCUT2D eigenvalue weighted by atomic mass is 10.1. The van der Waals surface area contributed by atoms with Crippen molar-refractivity contribution in [3.63, 3.8) is 0 Å². The summed E-state index contributed by atoms with van der Waals surface area (Å²) in [4.78, 5) is 19.5. The van der Waals surface area contributed by atoms with E-state index >= 15 is 4.39 Å². The number of aromatic nitrogens is 3. The fraction of sp³-hybridized carbons (Fsp3) is 0.367. The molecule has 9 heteroatoms. The molecule has 0 bridgehead atoms. The molecule has 1 N–H and O–H groups in total. The predicted molar refractivity (Wildman–Crippen MR) is 158 cm³/mol. The first-order valence-electron chi connectivity index (χ1n) is 13.5. The molecule has 2 aromatic carbocycles. The summed E-state index contributed by atoms with van der Waals surface area (Å²) in [7, 11) is 2.09. The van der Waals surface area contributed by atoms with Crippen molar-refractivity contribution in [3.05, 3.63) is 65.0 Å².